The summed E-state index contributed by atoms with van der Waals surface area (Å²) in [7, 11) is 0. The van der Waals surface area contributed by atoms with Gasteiger partial charge < -0.3 is 15.3 Å². The molecule has 2 amide bonds. The van der Waals surface area contributed by atoms with Crippen molar-refractivity contribution in [3.8, 4) is 0 Å². The number of amides is 2. The van der Waals surface area contributed by atoms with E-state index < -0.39 is 59.1 Å². The van der Waals surface area contributed by atoms with Gasteiger partial charge in [-0.3, -0.25) is 9.59 Å². The van der Waals surface area contributed by atoms with E-state index in [1.165, 1.54) is 4.90 Å². The molecule has 2 aromatic carbocycles. The van der Waals surface area contributed by atoms with Gasteiger partial charge in [0.05, 0.1) is 12.2 Å². The highest BCUT2D eigenvalue weighted by molar-refractivity contribution is 5.95. The van der Waals surface area contributed by atoms with Crippen molar-refractivity contribution in [2.45, 2.75) is 19.0 Å². The van der Waals surface area contributed by atoms with Crippen molar-refractivity contribution in [3.05, 3.63) is 76.1 Å². The number of rotatable bonds is 5. The molecule has 2 N–H and O–H groups in total. The number of carbonyl (C=O) groups is 2. The van der Waals surface area contributed by atoms with Crippen LogP contribution in [0.4, 0.5) is 22.0 Å². The quantitative estimate of drug-likeness (QED) is 0.325. The minimum absolute atomic E-state index is 0.280. The molecule has 0 saturated carbocycles. The van der Waals surface area contributed by atoms with Gasteiger partial charge in [0.2, 0.25) is 17.6 Å². The summed E-state index contributed by atoms with van der Waals surface area (Å²) in [4.78, 5) is 26.1. The van der Waals surface area contributed by atoms with Crippen LogP contribution in [-0.2, 0) is 22.6 Å². The van der Waals surface area contributed by atoms with Gasteiger partial charge in [-0.15, -0.1) is 0 Å². The molecule has 164 valence electrons. The number of halogens is 5. The summed E-state index contributed by atoms with van der Waals surface area (Å²) >= 11 is 0. The molecule has 3 rings (SSSR count). The molecule has 0 unspecified atom stereocenters. The standard InChI is InChI=1S/C21H17F5N2O3/c22-16-13(17(23)19(25)20(26)18(16)24)5-6-15(30)27-14(10-29)21(31)28-8-7-11-3-1-2-4-12(11)9-28/h1-6,14,29H,7-10H2,(H,27,30)/t14-/m0/s1. The van der Waals surface area contributed by atoms with E-state index in [2.05, 4.69) is 5.32 Å². The van der Waals surface area contributed by atoms with Crippen molar-refractivity contribution >= 4 is 17.9 Å². The number of nitrogens with zero attached hydrogens (tertiary/aromatic N) is 1. The molecule has 0 spiro atoms. The van der Waals surface area contributed by atoms with Crippen LogP contribution in [-0.4, -0.2) is 41.0 Å². The Morgan fingerprint density at radius 3 is 2.19 bits per heavy atom. The Hall–Kier alpha value is -3.27. The summed E-state index contributed by atoms with van der Waals surface area (Å²) in [6.45, 7) is -0.108. The highest BCUT2D eigenvalue weighted by atomic mass is 19.2. The monoisotopic (exact) mass is 440 g/mol. The number of fused-ring (bicyclic) bond motifs is 1. The summed E-state index contributed by atoms with van der Waals surface area (Å²) < 4.78 is 66.9. The maximum atomic E-state index is 13.7. The first-order valence-electron chi connectivity index (χ1n) is 9.21. The lowest BCUT2D eigenvalue weighted by atomic mass is 9.99. The molecule has 0 radical (unpaired) electrons. The van der Waals surface area contributed by atoms with E-state index >= 15 is 0 Å². The fourth-order valence-corrected chi connectivity index (χ4v) is 3.24. The first kappa shape index (κ1) is 22.4. The van der Waals surface area contributed by atoms with Gasteiger partial charge in [-0.25, -0.2) is 22.0 Å². The first-order chi connectivity index (χ1) is 14.7. The third-order valence-electron chi connectivity index (χ3n) is 4.88. The highest BCUT2D eigenvalue weighted by Gasteiger charge is 2.28. The lowest BCUT2D eigenvalue weighted by Crippen LogP contribution is -2.51. The van der Waals surface area contributed by atoms with E-state index in [-0.39, 0.29) is 6.54 Å². The molecular formula is C21H17F5N2O3. The number of benzene rings is 2. The molecule has 1 heterocycles. The van der Waals surface area contributed by atoms with Gasteiger partial charge in [-0.2, -0.15) is 0 Å². The van der Waals surface area contributed by atoms with E-state index in [9.17, 15) is 36.6 Å². The van der Waals surface area contributed by atoms with Gasteiger partial charge in [-0.05, 0) is 23.6 Å². The summed E-state index contributed by atoms with van der Waals surface area (Å²) in [5, 5.41) is 11.7. The molecule has 31 heavy (non-hydrogen) atoms. The number of hydrogen-bond acceptors (Lipinski definition) is 3. The third-order valence-corrected chi connectivity index (χ3v) is 4.88. The molecule has 0 bridgehead atoms. The van der Waals surface area contributed by atoms with Crippen LogP contribution in [0.15, 0.2) is 30.3 Å². The average molecular weight is 440 g/mol. The molecule has 2 aromatic rings. The second kappa shape index (κ2) is 9.25. The SMILES string of the molecule is O=C(C=Cc1c(F)c(F)c(F)c(F)c1F)N[C@@H](CO)C(=O)N1CCc2ccccc2C1. The summed E-state index contributed by atoms with van der Waals surface area (Å²) in [5.41, 5.74) is 0.712. The maximum absolute atomic E-state index is 13.7. The number of carbonyl (C=O) groups excluding carboxylic acids is 2. The van der Waals surface area contributed by atoms with Gasteiger partial charge in [0.25, 0.3) is 0 Å². The van der Waals surface area contributed by atoms with Crippen molar-refractivity contribution in [1.29, 1.82) is 0 Å². The average Bonchev–Trinajstić information content (AvgIpc) is 2.79. The van der Waals surface area contributed by atoms with Gasteiger partial charge in [0.1, 0.15) is 6.04 Å². The molecule has 0 aromatic heterocycles. The van der Waals surface area contributed by atoms with Crippen LogP contribution in [0.25, 0.3) is 6.08 Å². The van der Waals surface area contributed by atoms with Crippen LogP contribution in [0.3, 0.4) is 0 Å². The minimum Gasteiger partial charge on any atom is -0.394 e. The molecule has 5 nitrogen and oxygen atoms in total. The van der Waals surface area contributed by atoms with Crippen LogP contribution in [0.2, 0.25) is 0 Å². The number of hydrogen-bond donors (Lipinski definition) is 2. The Balaban J connectivity index is 1.70. The minimum atomic E-state index is -2.31. The molecular weight excluding hydrogens is 423 g/mol. The third kappa shape index (κ3) is 4.58. The molecule has 1 aliphatic heterocycles. The van der Waals surface area contributed by atoms with E-state index in [0.717, 1.165) is 11.1 Å². The Morgan fingerprint density at radius 2 is 1.58 bits per heavy atom. The zero-order valence-electron chi connectivity index (χ0n) is 16.0. The normalized spacial score (nSPS) is 14.5. The van der Waals surface area contributed by atoms with Crippen molar-refractivity contribution in [2.24, 2.45) is 0 Å². The van der Waals surface area contributed by atoms with Crippen molar-refractivity contribution < 1.29 is 36.6 Å². The van der Waals surface area contributed by atoms with Gasteiger partial charge in [-0.1, -0.05) is 24.3 Å². The van der Waals surface area contributed by atoms with Crippen LogP contribution in [0.5, 0.6) is 0 Å². The zero-order chi connectivity index (χ0) is 22.7. The number of aliphatic hydroxyl groups excluding tert-OH is 1. The Labute approximate surface area is 173 Å². The van der Waals surface area contributed by atoms with Crippen molar-refractivity contribution in [1.82, 2.24) is 10.2 Å². The van der Waals surface area contributed by atoms with E-state index in [4.69, 9.17) is 0 Å². The Morgan fingerprint density at radius 1 is 1.00 bits per heavy atom. The summed E-state index contributed by atoms with van der Waals surface area (Å²) in [5.74, 6) is -12.4. The highest BCUT2D eigenvalue weighted by Crippen LogP contribution is 2.24. The van der Waals surface area contributed by atoms with Crippen molar-refractivity contribution in [3.63, 3.8) is 0 Å². The van der Waals surface area contributed by atoms with E-state index in [1.807, 2.05) is 24.3 Å². The predicted octanol–water partition coefficient (Wildman–Crippen LogP) is 2.46. The molecule has 1 aliphatic rings. The smallest absolute Gasteiger partial charge is 0.247 e. The van der Waals surface area contributed by atoms with Crippen molar-refractivity contribution in [2.75, 3.05) is 13.2 Å². The fourth-order valence-electron chi connectivity index (χ4n) is 3.24. The molecule has 0 saturated heterocycles. The topological polar surface area (TPSA) is 69.6 Å². The molecule has 1 atom stereocenters. The maximum Gasteiger partial charge on any atom is 0.247 e. The van der Waals surface area contributed by atoms with Gasteiger partial charge >= 0.3 is 0 Å². The summed E-state index contributed by atoms with van der Waals surface area (Å²) in [6, 6.07) is 6.14. The second-order valence-corrected chi connectivity index (χ2v) is 6.84. The summed E-state index contributed by atoms with van der Waals surface area (Å²) in [6.07, 6.45) is 1.51. The number of aliphatic hydroxyl groups is 1. The van der Waals surface area contributed by atoms with Crippen LogP contribution in [0.1, 0.15) is 16.7 Å². The second-order valence-electron chi connectivity index (χ2n) is 6.84. The zero-order valence-corrected chi connectivity index (χ0v) is 16.0. The van der Waals surface area contributed by atoms with Crippen LogP contribution < -0.4 is 5.32 Å². The molecule has 0 fully saturated rings. The number of nitrogens with one attached hydrogen (secondary N) is 1. The first-order valence-corrected chi connectivity index (χ1v) is 9.21. The molecule has 0 aliphatic carbocycles. The fraction of sp³-hybridized carbons (Fsp3) is 0.238. The van der Waals surface area contributed by atoms with Gasteiger partial charge in [0, 0.05) is 19.2 Å². The lowest BCUT2D eigenvalue weighted by Gasteiger charge is -2.31. The lowest BCUT2D eigenvalue weighted by molar-refractivity contribution is -0.137. The van der Waals surface area contributed by atoms with E-state index in [0.29, 0.717) is 25.1 Å². The molecule has 10 heteroatoms. The van der Waals surface area contributed by atoms with Gasteiger partial charge in [0.15, 0.2) is 23.3 Å². The predicted molar refractivity (Wildman–Crippen MR) is 99.8 cm³/mol. The van der Waals surface area contributed by atoms with Crippen LogP contribution in [0, 0.1) is 29.1 Å². The Kier molecular flexibility index (Phi) is 6.69. The Bertz CT molecular complexity index is 1030. The van der Waals surface area contributed by atoms with E-state index in [1.54, 1.807) is 0 Å². The van der Waals surface area contributed by atoms with Crippen LogP contribution >= 0.6 is 0 Å². The largest absolute Gasteiger partial charge is 0.394 e.